The largest absolute Gasteiger partial charge is 0.493 e. The molecule has 1 aromatic heterocycles. The van der Waals surface area contributed by atoms with Gasteiger partial charge in [0, 0.05) is 25.0 Å². The highest BCUT2D eigenvalue weighted by Crippen LogP contribution is 2.28. The number of allylic oxidation sites excluding steroid dienone is 1. The fourth-order valence-electron chi connectivity index (χ4n) is 1.90. The number of carbonyl (C=O) groups excluding carboxylic acids is 2. The van der Waals surface area contributed by atoms with Crippen molar-refractivity contribution in [3.8, 4) is 11.5 Å². The smallest absolute Gasteiger partial charge is 0.257 e. The summed E-state index contributed by atoms with van der Waals surface area (Å²) in [5.41, 5.74) is 1.29. The van der Waals surface area contributed by atoms with Crippen LogP contribution in [-0.4, -0.2) is 37.4 Å². The second kappa shape index (κ2) is 8.47. The molecule has 1 aromatic carbocycles. The van der Waals surface area contributed by atoms with Gasteiger partial charge in [0.25, 0.3) is 5.91 Å². The van der Waals surface area contributed by atoms with Crippen molar-refractivity contribution < 1.29 is 19.1 Å². The number of nitrogens with one attached hydrogen (secondary N) is 1. The van der Waals surface area contributed by atoms with Crippen LogP contribution in [0.5, 0.6) is 11.5 Å². The Kier molecular flexibility index (Phi) is 6.08. The first-order chi connectivity index (χ1) is 11.6. The number of ether oxygens (including phenoxy) is 2. The Morgan fingerprint density at radius 3 is 2.75 bits per heavy atom. The predicted molar refractivity (Wildman–Crippen MR) is 90.2 cm³/mol. The summed E-state index contributed by atoms with van der Waals surface area (Å²) in [5, 5.41) is 2.47. The van der Waals surface area contributed by atoms with E-state index in [2.05, 4.69) is 10.3 Å². The Morgan fingerprint density at radius 2 is 2.08 bits per heavy atom. The zero-order valence-corrected chi connectivity index (χ0v) is 13.5. The lowest BCUT2D eigenvalue weighted by molar-refractivity contribution is -0.122. The van der Waals surface area contributed by atoms with E-state index in [0.717, 1.165) is 5.56 Å². The normalized spacial score (nSPS) is 10.4. The van der Waals surface area contributed by atoms with E-state index in [0.29, 0.717) is 17.1 Å². The van der Waals surface area contributed by atoms with Crippen molar-refractivity contribution in [2.24, 2.45) is 0 Å². The van der Waals surface area contributed by atoms with Crippen molar-refractivity contribution in [2.45, 2.75) is 0 Å². The summed E-state index contributed by atoms with van der Waals surface area (Å²) in [7, 11) is 3.05. The van der Waals surface area contributed by atoms with E-state index in [9.17, 15) is 9.59 Å². The molecule has 0 radical (unpaired) electrons. The average molecular weight is 326 g/mol. The van der Waals surface area contributed by atoms with E-state index in [1.165, 1.54) is 26.4 Å². The lowest BCUT2D eigenvalue weighted by atomic mass is 10.1. The van der Waals surface area contributed by atoms with Crippen LogP contribution >= 0.6 is 0 Å². The Labute approximate surface area is 140 Å². The molecule has 24 heavy (non-hydrogen) atoms. The van der Waals surface area contributed by atoms with Crippen LogP contribution in [0.15, 0.2) is 48.8 Å². The van der Waals surface area contributed by atoms with Crippen LogP contribution in [-0.2, 0) is 4.79 Å². The molecule has 0 aliphatic heterocycles. The molecule has 1 amide bonds. The quantitative estimate of drug-likeness (QED) is 0.623. The van der Waals surface area contributed by atoms with Gasteiger partial charge in [0.05, 0.1) is 7.11 Å². The molecule has 0 atom stereocenters. The van der Waals surface area contributed by atoms with Gasteiger partial charge in [0.15, 0.2) is 23.9 Å². The maximum atomic E-state index is 12.0. The van der Waals surface area contributed by atoms with E-state index in [4.69, 9.17) is 9.47 Å². The number of rotatable bonds is 7. The molecular formula is C18H18N2O4. The second-order valence-corrected chi connectivity index (χ2v) is 4.81. The third kappa shape index (κ3) is 4.67. The van der Waals surface area contributed by atoms with Gasteiger partial charge < -0.3 is 14.8 Å². The first-order valence-corrected chi connectivity index (χ1v) is 7.28. The van der Waals surface area contributed by atoms with Gasteiger partial charge in [0.2, 0.25) is 0 Å². The van der Waals surface area contributed by atoms with Crippen molar-refractivity contribution >= 4 is 17.8 Å². The van der Waals surface area contributed by atoms with E-state index < -0.39 is 0 Å². The van der Waals surface area contributed by atoms with Crippen LogP contribution in [0.2, 0.25) is 0 Å². The first-order valence-electron chi connectivity index (χ1n) is 7.28. The molecule has 0 bridgehead atoms. The topological polar surface area (TPSA) is 77.5 Å². The number of carbonyl (C=O) groups is 2. The minimum atomic E-state index is -0.233. The summed E-state index contributed by atoms with van der Waals surface area (Å²) >= 11 is 0. The predicted octanol–water partition coefficient (Wildman–Crippen LogP) is 2.11. The minimum absolute atomic E-state index is 0.0957. The Hall–Kier alpha value is -3.15. The van der Waals surface area contributed by atoms with Crippen LogP contribution in [0.1, 0.15) is 15.9 Å². The van der Waals surface area contributed by atoms with Crippen LogP contribution < -0.4 is 14.8 Å². The average Bonchev–Trinajstić information content (AvgIpc) is 2.64. The van der Waals surface area contributed by atoms with Gasteiger partial charge in [-0.3, -0.25) is 14.6 Å². The van der Waals surface area contributed by atoms with Gasteiger partial charge in [-0.1, -0.05) is 12.1 Å². The number of methoxy groups -OCH3 is 1. The molecule has 0 aliphatic carbocycles. The maximum absolute atomic E-state index is 12.0. The number of aromatic nitrogens is 1. The molecule has 2 aromatic rings. The molecule has 0 aliphatic rings. The highest BCUT2D eigenvalue weighted by molar-refractivity contribution is 6.06. The Bertz CT molecular complexity index is 742. The van der Waals surface area contributed by atoms with Crippen molar-refractivity contribution in [1.29, 1.82) is 0 Å². The third-order valence-corrected chi connectivity index (χ3v) is 3.20. The number of hydrogen-bond donors (Lipinski definition) is 1. The van der Waals surface area contributed by atoms with E-state index in [1.807, 2.05) is 0 Å². The number of likely N-dealkylation sites (N-methyl/N-ethyl adjacent to an activating group) is 1. The minimum Gasteiger partial charge on any atom is -0.493 e. The van der Waals surface area contributed by atoms with Crippen molar-refractivity contribution in [3.63, 3.8) is 0 Å². The molecule has 0 saturated carbocycles. The first kappa shape index (κ1) is 17.2. The number of benzene rings is 1. The fourth-order valence-corrected chi connectivity index (χ4v) is 1.90. The molecule has 0 fully saturated rings. The highest BCUT2D eigenvalue weighted by atomic mass is 16.5. The number of nitrogens with zero attached hydrogens (tertiary/aromatic N) is 1. The summed E-state index contributed by atoms with van der Waals surface area (Å²) in [4.78, 5) is 27.2. The SMILES string of the molecule is CNC(=O)COc1ccc(/C=C\C(=O)c2cccnc2)cc1OC. The lowest BCUT2D eigenvalue weighted by Gasteiger charge is -2.10. The fraction of sp³-hybridized carbons (Fsp3) is 0.167. The summed E-state index contributed by atoms with van der Waals surface area (Å²) in [6, 6.07) is 8.61. The molecule has 0 saturated heterocycles. The lowest BCUT2D eigenvalue weighted by Crippen LogP contribution is -2.24. The molecular weight excluding hydrogens is 308 g/mol. The molecule has 6 nitrogen and oxygen atoms in total. The second-order valence-electron chi connectivity index (χ2n) is 4.81. The van der Waals surface area contributed by atoms with Gasteiger partial charge in [-0.15, -0.1) is 0 Å². The Balaban J connectivity index is 2.10. The van der Waals surface area contributed by atoms with Crippen LogP contribution in [0.25, 0.3) is 6.08 Å². The van der Waals surface area contributed by atoms with Crippen molar-refractivity contribution in [1.82, 2.24) is 10.3 Å². The maximum Gasteiger partial charge on any atom is 0.257 e. The van der Waals surface area contributed by atoms with E-state index in [1.54, 1.807) is 42.6 Å². The standard InChI is InChI=1S/C18H18N2O4/c1-19-18(22)12-24-16-8-6-13(10-17(16)23-2)5-7-15(21)14-4-3-9-20-11-14/h3-11H,12H2,1-2H3,(H,19,22)/b7-5-. The third-order valence-electron chi connectivity index (χ3n) is 3.20. The molecule has 1 heterocycles. The van der Waals surface area contributed by atoms with Crippen molar-refractivity contribution in [3.05, 3.63) is 59.9 Å². The molecule has 1 N–H and O–H groups in total. The number of amides is 1. The number of hydrogen-bond acceptors (Lipinski definition) is 5. The van der Waals surface area contributed by atoms with E-state index >= 15 is 0 Å². The molecule has 2 rings (SSSR count). The zero-order valence-electron chi connectivity index (χ0n) is 13.5. The van der Waals surface area contributed by atoms with Gasteiger partial charge in [-0.2, -0.15) is 0 Å². The highest BCUT2D eigenvalue weighted by Gasteiger charge is 2.07. The zero-order chi connectivity index (χ0) is 17.4. The molecule has 0 unspecified atom stereocenters. The number of ketones is 1. The molecule has 6 heteroatoms. The summed E-state index contributed by atoms with van der Waals surface area (Å²) in [6.45, 7) is -0.0957. The van der Waals surface area contributed by atoms with Gasteiger partial charge in [-0.25, -0.2) is 0 Å². The van der Waals surface area contributed by atoms with Gasteiger partial charge in [-0.05, 0) is 35.9 Å². The summed E-state index contributed by atoms with van der Waals surface area (Å²) < 4.78 is 10.7. The van der Waals surface area contributed by atoms with Gasteiger partial charge in [0.1, 0.15) is 0 Å². The molecule has 0 spiro atoms. The van der Waals surface area contributed by atoms with Crippen LogP contribution in [0, 0.1) is 0 Å². The van der Waals surface area contributed by atoms with Crippen LogP contribution in [0.3, 0.4) is 0 Å². The van der Waals surface area contributed by atoms with Gasteiger partial charge >= 0.3 is 0 Å². The van der Waals surface area contributed by atoms with E-state index in [-0.39, 0.29) is 18.3 Å². The van der Waals surface area contributed by atoms with Crippen molar-refractivity contribution in [2.75, 3.05) is 20.8 Å². The molecule has 124 valence electrons. The monoisotopic (exact) mass is 326 g/mol. The summed E-state index contributed by atoms with van der Waals surface area (Å²) in [5.74, 6) is 0.566. The van der Waals surface area contributed by atoms with Crippen LogP contribution in [0.4, 0.5) is 0 Å². The Morgan fingerprint density at radius 1 is 1.25 bits per heavy atom. The number of pyridine rings is 1. The summed E-state index contributed by atoms with van der Waals surface area (Å²) in [6.07, 6.45) is 6.28.